The van der Waals surface area contributed by atoms with Crippen molar-refractivity contribution in [2.24, 2.45) is 0 Å². The van der Waals surface area contributed by atoms with Gasteiger partial charge in [-0.05, 0) is 72.7 Å². The number of ether oxygens (including phenoxy) is 5. The van der Waals surface area contributed by atoms with Crippen molar-refractivity contribution in [1.29, 1.82) is 0 Å². The molecule has 0 radical (unpaired) electrons. The molecule has 17 nitrogen and oxygen atoms in total. The summed E-state index contributed by atoms with van der Waals surface area (Å²) in [4.78, 5) is 52.5. The summed E-state index contributed by atoms with van der Waals surface area (Å²) in [5, 5.41) is 5.32. The van der Waals surface area contributed by atoms with Crippen LogP contribution < -0.4 is 30.9 Å². The topological polar surface area (TPSA) is 212 Å². The molecule has 0 amide bonds. The van der Waals surface area contributed by atoms with Crippen LogP contribution in [0.4, 0.5) is 4.39 Å². The number of aromatic nitrogens is 2. The molecule has 1 aliphatic heterocycles. The maximum Gasteiger partial charge on any atom is 0.330 e. The Labute approximate surface area is 329 Å². The number of rotatable bonds is 21. The number of benzene rings is 2. The molecule has 1 fully saturated rings. The normalized spacial score (nSPS) is 22.6. The van der Waals surface area contributed by atoms with Gasteiger partial charge in [0.25, 0.3) is 13.1 Å². The average Bonchev–Trinajstić information content (AvgIpc) is 3.38. The highest BCUT2D eigenvalue weighted by atomic mass is 31.2. The van der Waals surface area contributed by atoms with Gasteiger partial charge >= 0.3 is 25.1 Å². The Morgan fingerprint density at radius 3 is 1.89 bits per heavy atom. The Kier molecular flexibility index (Phi) is 16.0. The van der Waals surface area contributed by atoms with Crippen LogP contribution in [0.5, 0.6) is 11.5 Å². The van der Waals surface area contributed by atoms with Crippen LogP contribution >= 0.6 is 15.0 Å². The van der Waals surface area contributed by atoms with Crippen LogP contribution in [-0.2, 0) is 42.0 Å². The van der Waals surface area contributed by atoms with Crippen LogP contribution in [0.15, 0.2) is 82.5 Å². The number of carbonyl (C=O) groups excluding carboxylic acids is 2. The molecule has 20 heteroatoms. The third-order valence-electron chi connectivity index (χ3n) is 8.25. The Bertz CT molecular complexity index is 2000. The van der Waals surface area contributed by atoms with Crippen molar-refractivity contribution in [3.63, 3.8) is 0 Å². The lowest BCUT2D eigenvalue weighted by atomic mass is 9.98. The summed E-state index contributed by atoms with van der Waals surface area (Å²) >= 11 is 0. The molecule has 1 saturated heterocycles. The van der Waals surface area contributed by atoms with Crippen molar-refractivity contribution in [2.45, 2.75) is 96.9 Å². The number of carbonyl (C=O) groups is 2. The van der Waals surface area contributed by atoms with Gasteiger partial charge in [-0.15, -0.1) is 0 Å². The third-order valence-corrected chi connectivity index (χ3v) is 12.2. The van der Waals surface area contributed by atoms with Crippen molar-refractivity contribution in [3.05, 3.63) is 93.8 Å². The smallest absolute Gasteiger partial charge is 0.330 e. The van der Waals surface area contributed by atoms with Gasteiger partial charge < -0.3 is 32.7 Å². The van der Waals surface area contributed by atoms with E-state index in [4.69, 9.17) is 32.7 Å². The van der Waals surface area contributed by atoms with Crippen LogP contribution in [0.1, 0.15) is 54.7 Å². The maximum atomic E-state index is 17.4. The fraction of sp³-hybridized carbons (Fsp3) is 0.514. The van der Waals surface area contributed by atoms with E-state index in [0.29, 0.717) is 5.75 Å². The van der Waals surface area contributed by atoms with Crippen molar-refractivity contribution in [2.75, 3.05) is 25.7 Å². The van der Waals surface area contributed by atoms with E-state index in [1.165, 1.54) is 13.8 Å². The lowest BCUT2D eigenvalue weighted by molar-refractivity contribution is -0.149. The quantitative estimate of drug-likeness (QED) is 0.0960. The minimum absolute atomic E-state index is 0.151. The summed E-state index contributed by atoms with van der Waals surface area (Å²) in [5.74, 6) is -0.760. The minimum atomic E-state index is -4.47. The second-order valence-electron chi connectivity index (χ2n) is 14.0. The van der Waals surface area contributed by atoms with E-state index >= 15 is 4.39 Å². The van der Waals surface area contributed by atoms with Crippen molar-refractivity contribution < 1.29 is 55.8 Å². The number of halogens is 1. The molecular formula is C37H51FN4O13P2. The molecular weight excluding hydrogens is 789 g/mol. The number of nitrogens with zero attached hydrogens (tertiary/aromatic N) is 1. The number of nitrogens with one attached hydrogen (secondary N) is 3. The van der Waals surface area contributed by atoms with Crippen LogP contribution in [-0.4, -0.2) is 89.4 Å². The predicted molar refractivity (Wildman–Crippen MR) is 207 cm³/mol. The summed E-state index contributed by atoms with van der Waals surface area (Å²) in [6, 6.07) is 15.5. The van der Waals surface area contributed by atoms with Crippen molar-refractivity contribution in [3.8, 4) is 11.5 Å². The molecule has 4 rings (SSSR count). The number of para-hydroxylation sites is 2. The van der Waals surface area contributed by atoms with E-state index in [0.717, 1.165) is 23.8 Å². The van der Waals surface area contributed by atoms with Gasteiger partial charge in [-0.25, -0.2) is 19.4 Å². The first-order chi connectivity index (χ1) is 26.8. The van der Waals surface area contributed by atoms with Crippen molar-refractivity contribution >= 4 is 27.0 Å². The van der Waals surface area contributed by atoms with Gasteiger partial charge in [0, 0.05) is 12.3 Å². The Hall–Kier alpha value is -4.15. The van der Waals surface area contributed by atoms with E-state index < -0.39 is 99.6 Å². The lowest BCUT2D eigenvalue weighted by Crippen LogP contribution is -2.46. The molecule has 314 valence electrons. The van der Waals surface area contributed by atoms with Gasteiger partial charge in [0.1, 0.15) is 35.8 Å². The highest BCUT2D eigenvalue weighted by molar-refractivity contribution is 7.57. The number of hydrogen-bond acceptors (Lipinski definition) is 13. The zero-order chi connectivity index (χ0) is 42.0. The second-order valence-corrected chi connectivity index (χ2v) is 18.4. The van der Waals surface area contributed by atoms with Crippen LogP contribution in [0.25, 0.3) is 0 Å². The molecule has 1 aliphatic rings. The van der Waals surface area contributed by atoms with Gasteiger partial charge in [0.05, 0.1) is 31.6 Å². The van der Waals surface area contributed by atoms with Crippen LogP contribution in [0.3, 0.4) is 0 Å². The van der Waals surface area contributed by atoms with E-state index in [1.807, 2.05) is 4.98 Å². The zero-order valence-corrected chi connectivity index (χ0v) is 34.6. The molecule has 3 N–H and O–H groups in total. The second kappa shape index (κ2) is 20.0. The first-order valence-electron chi connectivity index (χ1n) is 18.3. The number of esters is 2. The van der Waals surface area contributed by atoms with E-state index in [2.05, 4.69) is 10.2 Å². The first-order valence-corrected chi connectivity index (χ1v) is 21.9. The lowest BCUT2D eigenvalue weighted by Gasteiger charge is -2.32. The fourth-order valence-corrected chi connectivity index (χ4v) is 9.27. The van der Waals surface area contributed by atoms with Gasteiger partial charge in [0.15, 0.2) is 18.2 Å². The van der Waals surface area contributed by atoms with E-state index in [9.17, 15) is 28.3 Å². The summed E-state index contributed by atoms with van der Waals surface area (Å²) < 4.78 is 87.5. The summed E-state index contributed by atoms with van der Waals surface area (Å²) in [7, 11) is -8.58. The number of hydrogen-bond donors (Lipinski definition) is 3. The molecule has 0 bridgehead atoms. The molecule has 1 aromatic heterocycles. The molecule has 3 aromatic rings. The first kappa shape index (κ1) is 45.6. The Morgan fingerprint density at radius 2 is 1.37 bits per heavy atom. The van der Waals surface area contributed by atoms with Gasteiger partial charge in [-0.3, -0.25) is 33.1 Å². The monoisotopic (exact) mass is 840 g/mol. The standard InChI is InChI=1S/C37H51FN4O13P2/c1-24(2)52-33(44)26(5)40-56(47,21-20-49-28-14-10-8-11-15-28)51-22-30-32(37(7,38)35(54-30)42-19-18-31(43)39-36(42)46)55-57(48,23-50-29-16-12-9-13-17-29)41-27(6)34(45)53-25(3)4/h8-19,24-27,30,32,35H,20-23H2,1-7H3,(H,40,47)(H,41,48)(H,39,43,46)/t26-,27-,30+,32+,35+,37+,56?,57?/m0/s1. The molecule has 0 aliphatic carbocycles. The fourth-order valence-electron chi connectivity index (χ4n) is 5.60. The average molecular weight is 841 g/mol. The predicted octanol–water partition coefficient (Wildman–Crippen LogP) is 4.93. The van der Waals surface area contributed by atoms with Gasteiger partial charge in [-0.1, -0.05) is 36.4 Å². The molecule has 2 aromatic carbocycles. The SMILES string of the molecule is CC(C)OC(=O)[C@H](C)NP(=O)(CCOc1ccccc1)OC[C@H]1O[C@@H](n2ccc(=O)[nH]c2=O)[C@](C)(F)[C@@H]1OP(=O)(COc1ccccc1)N[C@@H](C)C(=O)OC(C)C. The molecule has 57 heavy (non-hydrogen) atoms. The maximum absolute atomic E-state index is 17.4. The summed E-state index contributed by atoms with van der Waals surface area (Å²) in [6.07, 6.45) is -6.27. The molecule has 0 spiro atoms. The highest BCUT2D eigenvalue weighted by Crippen LogP contribution is 2.53. The largest absolute Gasteiger partial charge is 0.493 e. The number of H-pyrrole nitrogens is 1. The van der Waals surface area contributed by atoms with E-state index in [-0.39, 0.29) is 18.5 Å². The molecule has 2 heterocycles. The third kappa shape index (κ3) is 13.2. The van der Waals surface area contributed by atoms with Crippen molar-refractivity contribution in [1.82, 2.24) is 19.7 Å². The summed E-state index contributed by atoms with van der Waals surface area (Å²) in [5.41, 5.74) is -4.52. The Balaban J connectivity index is 1.70. The Morgan fingerprint density at radius 1 is 0.842 bits per heavy atom. The van der Waals surface area contributed by atoms with Gasteiger partial charge in [0.2, 0.25) is 0 Å². The van der Waals surface area contributed by atoms with Crippen LogP contribution in [0, 0.1) is 0 Å². The summed E-state index contributed by atoms with van der Waals surface area (Å²) in [6.45, 7) is 9.50. The number of alkyl halides is 1. The zero-order valence-electron chi connectivity index (χ0n) is 32.8. The molecule has 8 atom stereocenters. The number of aromatic amines is 1. The molecule has 2 unspecified atom stereocenters. The molecule has 0 saturated carbocycles. The minimum Gasteiger partial charge on any atom is -0.493 e. The van der Waals surface area contributed by atoms with Crippen LogP contribution in [0.2, 0.25) is 0 Å². The van der Waals surface area contributed by atoms with E-state index in [1.54, 1.807) is 88.4 Å². The van der Waals surface area contributed by atoms with Gasteiger partial charge in [-0.2, -0.15) is 0 Å². The highest BCUT2D eigenvalue weighted by Gasteiger charge is 2.59.